The lowest BCUT2D eigenvalue weighted by molar-refractivity contribution is 0.886. The molecule has 0 saturated heterocycles. The van der Waals surface area contributed by atoms with Gasteiger partial charge in [0.05, 0.1) is 0 Å². The van der Waals surface area contributed by atoms with E-state index in [0.717, 1.165) is 6.42 Å². The van der Waals surface area contributed by atoms with Crippen molar-refractivity contribution in [1.29, 1.82) is 0 Å². The molecule has 0 nitrogen and oxygen atoms in total. The van der Waals surface area contributed by atoms with Gasteiger partial charge >= 0.3 is 0 Å². The van der Waals surface area contributed by atoms with Crippen LogP contribution in [0.15, 0.2) is 78.4 Å². The predicted octanol–water partition coefficient (Wildman–Crippen LogP) is 7.40. The maximum atomic E-state index is 2.44. The maximum Gasteiger partial charge on any atom is -0.00576 e. The molecule has 0 spiro atoms. The first-order valence-electron chi connectivity index (χ1n) is 9.57. The number of benzene rings is 4. The summed E-state index contributed by atoms with van der Waals surface area (Å²) >= 11 is 0. The minimum Gasteiger partial charge on any atom is -0.0652 e. The largest absolute Gasteiger partial charge is 0.0652 e. The van der Waals surface area contributed by atoms with Crippen LogP contribution in [-0.2, 0) is 6.42 Å². The van der Waals surface area contributed by atoms with Crippen molar-refractivity contribution in [2.24, 2.45) is 0 Å². The highest BCUT2D eigenvalue weighted by Gasteiger charge is 2.17. The van der Waals surface area contributed by atoms with Crippen LogP contribution in [0.5, 0.6) is 0 Å². The van der Waals surface area contributed by atoms with E-state index in [-0.39, 0.29) is 0 Å². The topological polar surface area (TPSA) is 0 Å². The summed E-state index contributed by atoms with van der Waals surface area (Å²) in [6.45, 7) is 2.26. The smallest absolute Gasteiger partial charge is 0.00576 e. The van der Waals surface area contributed by atoms with Gasteiger partial charge in [-0.3, -0.25) is 0 Å². The van der Waals surface area contributed by atoms with Gasteiger partial charge < -0.3 is 0 Å². The summed E-state index contributed by atoms with van der Waals surface area (Å²) in [7, 11) is 0. The summed E-state index contributed by atoms with van der Waals surface area (Å²) < 4.78 is 0. The van der Waals surface area contributed by atoms with Crippen LogP contribution < -0.4 is 0 Å². The summed E-state index contributed by atoms with van der Waals surface area (Å²) in [4.78, 5) is 0. The predicted molar refractivity (Wildman–Crippen MR) is 113 cm³/mol. The van der Waals surface area contributed by atoms with E-state index < -0.39 is 0 Å². The summed E-state index contributed by atoms with van der Waals surface area (Å²) in [5.74, 6) is 0. The van der Waals surface area contributed by atoms with E-state index in [9.17, 15) is 0 Å². The van der Waals surface area contributed by atoms with Crippen molar-refractivity contribution in [3.63, 3.8) is 0 Å². The van der Waals surface area contributed by atoms with Gasteiger partial charge in [0, 0.05) is 0 Å². The molecular weight excluding hydrogens is 312 g/mol. The first-order chi connectivity index (χ1) is 12.8. The van der Waals surface area contributed by atoms with Gasteiger partial charge in [-0.15, -0.1) is 0 Å². The minimum atomic E-state index is 1.12. The monoisotopic (exact) mass is 334 g/mol. The van der Waals surface area contributed by atoms with Crippen molar-refractivity contribution in [3.05, 3.63) is 89.5 Å². The third-order valence-corrected chi connectivity index (χ3v) is 5.57. The number of hydrogen-bond donors (Lipinski definition) is 0. The minimum absolute atomic E-state index is 1.12. The van der Waals surface area contributed by atoms with Gasteiger partial charge in [-0.1, -0.05) is 85.7 Å². The molecule has 0 fully saturated rings. The third kappa shape index (κ3) is 2.45. The zero-order valence-electron chi connectivity index (χ0n) is 15.1. The molecule has 126 valence electrons. The molecule has 0 saturated carbocycles. The standard InChI is InChI=1S/C26H22/c1-2-7-18-14-21-10-5-12-23(25(21)15-18)24-13-6-11-22-16-19-8-3-4-9-20(19)17-26(22)24/h3-6,8-13,15-17H,2,7,14H2,1H3. The summed E-state index contributed by atoms with van der Waals surface area (Å²) in [6, 6.07) is 26.8. The molecule has 4 aromatic carbocycles. The SMILES string of the molecule is CCCC1=Cc2c(cccc2-c2cccc3cc4ccccc4cc23)C1. The molecule has 4 aromatic rings. The first-order valence-corrected chi connectivity index (χ1v) is 9.57. The zero-order valence-corrected chi connectivity index (χ0v) is 15.1. The fraction of sp³-hybridized carbons (Fsp3) is 0.154. The van der Waals surface area contributed by atoms with E-state index in [2.05, 4.69) is 85.8 Å². The molecule has 0 unspecified atom stereocenters. The Labute approximate surface area is 154 Å². The Balaban J connectivity index is 1.76. The molecule has 5 rings (SSSR count). The average molecular weight is 334 g/mol. The molecule has 0 bridgehead atoms. The second-order valence-electron chi connectivity index (χ2n) is 7.33. The van der Waals surface area contributed by atoms with E-state index in [1.807, 2.05) is 0 Å². The molecule has 1 aliphatic carbocycles. The van der Waals surface area contributed by atoms with Gasteiger partial charge in [0.25, 0.3) is 0 Å². The zero-order chi connectivity index (χ0) is 17.5. The van der Waals surface area contributed by atoms with Crippen LogP contribution in [0.25, 0.3) is 38.7 Å². The van der Waals surface area contributed by atoms with E-state index >= 15 is 0 Å². The highest BCUT2D eigenvalue weighted by atomic mass is 14.2. The average Bonchev–Trinajstić information content (AvgIpc) is 3.09. The summed E-state index contributed by atoms with van der Waals surface area (Å²) in [5, 5.41) is 5.27. The normalized spacial score (nSPS) is 13.2. The molecule has 0 N–H and O–H groups in total. The Hall–Kier alpha value is -2.86. The van der Waals surface area contributed by atoms with Crippen LogP contribution in [-0.4, -0.2) is 0 Å². The molecule has 26 heavy (non-hydrogen) atoms. The Kier molecular flexibility index (Phi) is 3.64. The molecule has 0 radical (unpaired) electrons. The van der Waals surface area contributed by atoms with Crippen molar-refractivity contribution >= 4 is 27.6 Å². The summed E-state index contributed by atoms with van der Waals surface area (Å²) in [5.41, 5.74) is 7.19. The number of hydrogen-bond acceptors (Lipinski definition) is 0. The van der Waals surface area contributed by atoms with E-state index in [0.29, 0.717) is 0 Å². The van der Waals surface area contributed by atoms with Crippen LogP contribution in [0.3, 0.4) is 0 Å². The van der Waals surface area contributed by atoms with Crippen LogP contribution in [0, 0.1) is 0 Å². The fourth-order valence-electron chi connectivity index (χ4n) is 4.36. The number of allylic oxidation sites excluding steroid dienone is 1. The van der Waals surface area contributed by atoms with Gasteiger partial charge in [-0.05, 0) is 68.8 Å². The van der Waals surface area contributed by atoms with Crippen LogP contribution >= 0.6 is 0 Å². The van der Waals surface area contributed by atoms with Crippen molar-refractivity contribution in [2.45, 2.75) is 26.2 Å². The van der Waals surface area contributed by atoms with E-state index in [1.54, 1.807) is 5.57 Å². The number of rotatable bonds is 3. The molecule has 0 amide bonds. The second-order valence-corrected chi connectivity index (χ2v) is 7.33. The van der Waals surface area contributed by atoms with Gasteiger partial charge in [-0.25, -0.2) is 0 Å². The van der Waals surface area contributed by atoms with Gasteiger partial charge in [0.2, 0.25) is 0 Å². The van der Waals surface area contributed by atoms with Gasteiger partial charge in [0.15, 0.2) is 0 Å². The van der Waals surface area contributed by atoms with Crippen molar-refractivity contribution in [1.82, 2.24) is 0 Å². The first kappa shape index (κ1) is 15.4. The highest BCUT2D eigenvalue weighted by molar-refractivity contribution is 6.06. The van der Waals surface area contributed by atoms with Crippen LogP contribution in [0.2, 0.25) is 0 Å². The van der Waals surface area contributed by atoms with Gasteiger partial charge in [-0.2, -0.15) is 0 Å². The highest BCUT2D eigenvalue weighted by Crippen LogP contribution is 2.39. The second kappa shape index (κ2) is 6.14. The lowest BCUT2D eigenvalue weighted by atomic mass is 9.92. The molecule has 0 heteroatoms. The Morgan fingerprint density at radius 1 is 0.731 bits per heavy atom. The third-order valence-electron chi connectivity index (χ3n) is 5.57. The molecule has 0 atom stereocenters. The number of fused-ring (bicyclic) bond motifs is 3. The van der Waals surface area contributed by atoms with Crippen LogP contribution in [0.4, 0.5) is 0 Å². The fourth-order valence-corrected chi connectivity index (χ4v) is 4.36. The van der Waals surface area contributed by atoms with Crippen molar-refractivity contribution in [3.8, 4) is 11.1 Å². The quantitative estimate of drug-likeness (QED) is 0.342. The van der Waals surface area contributed by atoms with E-state index in [4.69, 9.17) is 0 Å². The Bertz CT molecular complexity index is 1160. The molecular formula is C26H22. The molecule has 0 heterocycles. The van der Waals surface area contributed by atoms with Gasteiger partial charge in [0.1, 0.15) is 0 Å². The Morgan fingerprint density at radius 2 is 1.46 bits per heavy atom. The summed E-state index contributed by atoms with van der Waals surface area (Å²) in [6.07, 6.45) is 5.97. The Morgan fingerprint density at radius 3 is 2.31 bits per heavy atom. The molecule has 1 aliphatic rings. The molecule has 0 aliphatic heterocycles. The van der Waals surface area contributed by atoms with Crippen molar-refractivity contribution in [2.75, 3.05) is 0 Å². The lowest BCUT2D eigenvalue weighted by Crippen LogP contribution is -1.89. The lowest BCUT2D eigenvalue weighted by Gasteiger charge is -2.12. The maximum absolute atomic E-state index is 2.44. The van der Waals surface area contributed by atoms with Crippen molar-refractivity contribution < 1.29 is 0 Å². The van der Waals surface area contributed by atoms with E-state index in [1.165, 1.54) is 56.6 Å². The van der Waals surface area contributed by atoms with Crippen LogP contribution in [0.1, 0.15) is 30.9 Å². The molecule has 0 aromatic heterocycles.